The van der Waals surface area contributed by atoms with Crippen molar-refractivity contribution in [3.8, 4) is 44.5 Å². The maximum Gasteiger partial charge on any atom is 0.143 e. The van der Waals surface area contributed by atoms with E-state index in [4.69, 9.17) is 8.83 Å². The van der Waals surface area contributed by atoms with E-state index in [-0.39, 0.29) is 5.41 Å². The van der Waals surface area contributed by atoms with Gasteiger partial charge in [0.05, 0.1) is 0 Å². The molecule has 5 aliphatic carbocycles. The molecule has 0 N–H and O–H groups in total. The van der Waals surface area contributed by atoms with Crippen LogP contribution in [0.1, 0.15) is 36.8 Å². The standard InChI is InChI=1S/C51H36O2/c1-3-10-44-38(6-1)42-26-33(17-20-45(42)51(44)36-23-29-22-35(25-36)46(51)24-29)34-16-19-40-41-9-5-8-37(50(41)53-49(40)28-34)31-14-12-30(13-15-31)32-18-21-48-43(27-32)39-7-2-4-11-47(39)52-48/h1-21,26-29,35-36,46H,22-25H2. The summed E-state index contributed by atoms with van der Waals surface area (Å²) < 4.78 is 12.9. The van der Waals surface area contributed by atoms with Gasteiger partial charge in [-0.3, -0.25) is 0 Å². The van der Waals surface area contributed by atoms with Gasteiger partial charge in [0.2, 0.25) is 0 Å². The predicted octanol–water partition coefficient (Wildman–Crippen LogP) is 13.8. The highest BCUT2D eigenvalue weighted by Crippen LogP contribution is 2.73. The van der Waals surface area contributed by atoms with Gasteiger partial charge < -0.3 is 8.83 Å². The zero-order valence-electron chi connectivity index (χ0n) is 29.3. The van der Waals surface area contributed by atoms with Crippen LogP contribution in [0, 0.1) is 23.7 Å². The zero-order chi connectivity index (χ0) is 34.4. The summed E-state index contributed by atoms with van der Waals surface area (Å²) in [6.07, 6.45) is 5.72. The van der Waals surface area contributed by atoms with Gasteiger partial charge in [-0.15, -0.1) is 0 Å². The Morgan fingerprint density at radius 2 is 1.11 bits per heavy atom. The van der Waals surface area contributed by atoms with Crippen molar-refractivity contribution in [2.75, 3.05) is 0 Å². The van der Waals surface area contributed by atoms with E-state index in [1.807, 2.05) is 12.1 Å². The van der Waals surface area contributed by atoms with E-state index in [0.717, 1.165) is 78.7 Å². The Bertz CT molecular complexity index is 2990. The van der Waals surface area contributed by atoms with Gasteiger partial charge in [-0.25, -0.2) is 0 Å². The lowest BCUT2D eigenvalue weighted by Crippen LogP contribution is -2.40. The molecular weight excluding hydrogens is 645 g/mol. The summed E-state index contributed by atoms with van der Waals surface area (Å²) in [5, 5.41) is 4.61. The maximum absolute atomic E-state index is 6.78. The highest BCUT2D eigenvalue weighted by molar-refractivity contribution is 6.10. The first-order valence-electron chi connectivity index (χ1n) is 19.4. The van der Waals surface area contributed by atoms with Crippen LogP contribution in [-0.4, -0.2) is 0 Å². The Hall–Kier alpha value is -5.86. The van der Waals surface area contributed by atoms with E-state index in [1.165, 1.54) is 59.1 Å². The molecule has 0 saturated heterocycles. The number of furan rings is 2. The summed E-state index contributed by atoms with van der Waals surface area (Å²) in [7, 11) is 0. The van der Waals surface area contributed by atoms with Gasteiger partial charge in [0, 0.05) is 32.5 Å². The summed E-state index contributed by atoms with van der Waals surface area (Å²) in [4.78, 5) is 0. The Labute approximate surface area is 307 Å². The van der Waals surface area contributed by atoms with Crippen LogP contribution >= 0.6 is 0 Å². The Morgan fingerprint density at radius 3 is 2.06 bits per heavy atom. The lowest BCUT2D eigenvalue weighted by Gasteiger charge is -2.43. The van der Waals surface area contributed by atoms with E-state index in [9.17, 15) is 0 Å². The molecule has 5 unspecified atom stereocenters. The fourth-order valence-corrected chi connectivity index (χ4v) is 12.1. The smallest absolute Gasteiger partial charge is 0.143 e. The highest BCUT2D eigenvalue weighted by atomic mass is 16.3. The second-order valence-corrected chi connectivity index (χ2v) is 16.4. The number of para-hydroxylation sites is 2. The van der Waals surface area contributed by atoms with Crippen molar-refractivity contribution >= 4 is 43.9 Å². The molecule has 0 radical (unpaired) electrons. The molecule has 5 aliphatic rings. The van der Waals surface area contributed by atoms with Crippen molar-refractivity contribution in [3.63, 3.8) is 0 Å². The largest absolute Gasteiger partial charge is 0.456 e. The molecule has 4 fully saturated rings. The second kappa shape index (κ2) is 10.2. The number of benzene rings is 7. The van der Waals surface area contributed by atoms with Crippen molar-refractivity contribution in [3.05, 3.63) is 157 Å². The van der Waals surface area contributed by atoms with Gasteiger partial charge in [-0.05, 0) is 136 Å². The van der Waals surface area contributed by atoms with Crippen LogP contribution in [0.15, 0.2) is 154 Å². The molecule has 2 heterocycles. The predicted molar refractivity (Wildman–Crippen MR) is 216 cm³/mol. The van der Waals surface area contributed by atoms with Crippen molar-refractivity contribution in [2.45, 2.75) is 31.1 Å². The van der Waals surface area contributed by atoms with Crippen molar-refractivity contribution in [1.82, 2.24) is 0 Å². The van der Waals surface area contributed by atoms with E-state index < -0.39 is 0 Å². The highest BCUT2D eigenvalue weighted by Gasteiger charge is 2.65. The fourth-order valence-electron chi connectivity index (χ4n) is 12.1. The molecule has 1 spiro atoms. The van der Waals surface area contributed by atoms with Gasteiger partial charge in [0.15, 0.2) is 0 Å². The van der Waals surface area contributed by atoms with Crippen LogP contribution < -0.4 is 0 Å². The number of rotatable bonds is 3. The molecule has 53 heavy (non-hydrogen) atoms. The number of hydrogen-bond donors (Lipinski definition) is 0. The number of fused-ring (bicyclic) bond motifs is 9. The average Bonchev–Trinajstić information content (AvgIpc) is 3.98. The average molecular weight is 681 g/mol. The molecule has 2 nitrogen and oxygen atoms in total. The third-order valence-electron chi connectivity index (χ3n) is 14.1. The van der Waals surface area contributed by atoms with Crippen LogP contribution in [0.4, 0.5) is 0 Å². The van der Waals surface area contributed by atoms with E-state index in [0.29, 0.717) is 0 Å². The van der Waals surface area contributed by atoms with Crippen molar-refractivity contribution < 1.29 is 8.83 Å². The first-order valence-corrected chi connectivity index (χ1v) is 19.4. The molecule has 9 aromatic rings. The first kappa shape index (κ1) is 28.7. The summed E-state index contributed by atoms with van der Waals surface area (Å²) in [5.41, 5.74) is 17.2. The van der Waals surface area contributed by atoms with Gasteiger partial charge in [-0.1, -0.05) is 109 Å². The van der Waals surface area contributed by atoms with Crippen LogP contribution in [0.5, 0.6) is 0 Å². The van der Waals surface area contributed by atoms with Gasteiger partial charge in [0.25, 0.3) is 0 Å². The minimum Gasteiger partial charge on any atom is -0.456 e. The maximum atomic E-state index is 6.78. The molecule has 4 bridgehead atoms. The molecule has 2 heteroatoms. The van der Waals surface area contributed by atoms with Crippen LogP contribution in [-0.2, 0) is 5.41 Å². The topological polar surface area (TPSA) is 26.3 Å². The summed E-state index contributed by atoms with van der Waals surface area (Å²) in [6.45, 7) is 0. The molecular formula is C51H36O2. The molecule has 4 saturated carbocycles. The van der Waals surface area contributed by atoms with Crippen LogP contribution in [0.2, 0.25) is 0 Å². The van der Waals surface area contributed by atoms with E-state index in [2.05, 4.69) is 133 Å². The molecule has 0 aliphatic heterocycles. The zero-order valence-corrected chi connectivity index (χ0v) is 29.3. The Balaban J connectivity index is 0.875. The fraction of sp³-hybridized carbons (Fsp3) is 0.176. The third kappa shape index (κ3) is 3.74. The van der Waals surface area contributed by atoms with Crippen LogP contribution in [0.3, 0.4) is 0 Å². The molecule has 0 amide bonds. The quantitative estimate of drug-likeness (QED) is 0.186. The summed E-state index contributed by atoms with van der Waals surface area (Å²) in [5.74, 6) is 3.48. The molecule has 5 atom stereocenters. The molecule has 7 aromatic carbocycles. The minimum atomic E-state index is 0.224. The van der Waals surface area contributed by atoms with E-state index in [1.54, 1.807) is 11.1 Å². The molecule has 14 rings (SSSR count). The van der Waals surface area contributed by atoms with Gasteiger partial charge >= 0.3 is 0 Å². The lowest BCUT2D eigenvalue weighted by atomic mass is 9.59. The Kier molecular flexibility index (Phi) is 5.51. The lowest BCUT2D eigenvalue weighted by molar-refractivity contribution is 0.191. The minimum absolute atomic E-state index is 0.224. The van der Waals surface area contributed by atoms with Gasteiger partial charge in [0.1, 0.15) is 22.3 Å². The van der Waals surface area contributed by atoms with E-state index >= 15 is 0 Å². The normalized spacial score (nSPS) is 23.6. The second-order valence-electron chi connectivity index (χ2n) is 16.4. The monoisotopic (exact) mass is 680 g/mol. The van der Waals surface area contributed by atoms with Gasteiger partial charge in [-0.2, -0.15) is 0 Å². The van der Waals surface area contributed by atoms with Crippen LogP contribution in [0.25, 0.3) is 88.4 Å². The molecule has 252 valence electrons. The third-order valence-corrected chi connectivity index (χ3v) is 14.1. The SMILES string of the molecule is c1ccc2c(c1)-c1cc(-c3ccc4c(c3)oc3c(-c5ccc(-c6ccc7oc8ccccc8c7c6)cc5)cccc34)ccc1C21C2CC3CC(C2)C1C3. The van der Waals surface area contributed by atoms with Crippen molar-refractivity contribution in [1.29, 1.82) is 0 Å². The first-order chi connectivity index (χ1) is 26.2. The molecule has 2 aromatic heterocycles. The van der Waals surface area contributed by atoms with Crippen molar-refractivity contribution in [2.24, 2.45) is 23.7 Å². The number of hydrogen-bond acceptors (Lipinski definition) is 2. The Morgan fingerprint density at radius 1 is 0.415 bits per heavy atom. The summed E-state index contributed by atoms with van der Waals surface area (Å²) in [6, 6.07) is 53.7. The summed E-state index contributed by atoms with van der Waals surface area (Å²) >= 11 is 0.